The fraction of sp³-hybridized carbons (Fsp3) is 0.917. The Kier molecular flexibility index (Phi) is 4.61. The van der Waals surface area contributed by atoms with E-state index in [-0.39, 0.29) is 11.2 Å². The van der Waals surface area contributed by atoms with Crippen molar-refractivity contribution in [2.24, 2.45) is 11.7 Å². The highest BCUT2D eigenvalue weighted by Crippen LogP contribution is 2.28. The van der Waals surface area contributed by atoms with E-state index >= 15 is 0 Å². The van der Waals surface area contributed by atoms with Crippen molar-refractivity contribution in [1.82, 2.24) is 4.31 Å². The molecule has 6 heteroatoms. The number of nitrogens with two attached hydrogens (primary N) is 1. The second kappa shape index (κ2) is 5.84. The largest absolute Gasteiger partial charge is 0.393 e. The summed E-state index contributed by atoms with van der Waals surface area (Å²) in [6, 6.07) is 0. The minimum absolute atomic E-state index is 0.146. The van der Waals surface area contributed by atoms with Crippen LogP contribution in [0.2, 0.25) is 0 Å². The summed E-state index contributed by atoms with van der Waals surface area (Å²) in [4.78, 5) is 0.532. The number of nitrogens with zero attached hydrogens (tertiary/aromatic N) is 1. The molecular weight excluding hydrogens is 268 g/mol. The second-order valence-electron chi connectivity index (χ2n) is 5.38. The maximum Gasteiger partial charge on any atom is 0.216 e. The van der Waals surface area contributed by atoms with Crippen LogP contribution in [0.25, 0.3) is 0 Å². The smallest absolute Gasteiger partial charge is 0.216 e. The Morgan fingerprint density at radius 2 is 1.61 bits per heavy atom. The van der Waals surface area contributed by atoms with E-state index in [1.807, 2.05) is 0 Å². The van der Waals surface area contributed by atoms with Gasteiger partial charge in [-0.25, -0.2) is 12.7 Å². The standard InChI is InChI=1S/C12H22N2O2S2/c13-12(17)10-6-8-14(9-7-10)18(15,16)11-4-2-1-3-5-11/h10-11H,1-9H2,(H2,13,17). The molecule has 0 spiro atoms. The molecule has 0 atom stereocenters. The van der Waals surface area contributed by atoms with Crippen molar-refractivity contribution < 1.29 is 8.42 Å². The first-order valence-corrected chi connectivity index (χ1v) is 8.71. The lowest BCUT2D eigenvalue weighted by Gasteiger charge is -2.34. The van der Waals surface area contributed by atoms with Gasteiger partial charge in [-0.3, -0.25) is 0 Å². The van der Waals surface area contributed by atoms with Crippen LogP contribution in [-0.4, -0.2) is 36.1 Å². The summed E-state index contributed by atoms with van der Waals surface area (Å²) in [7, 11) is -3.08. The monoisotopic (exact) mass is 290 g/mol. The predicted molar refractivity (Wildman–Crippen MR) is 76.9 cm³/mol. The molecule has 1 saturated heterocycles. The first-order chi connectivity index (χ1) is 8.51. The maximum atomic E-state index is 12.5. The van der Waals surface area contributed by atoms with Crippen LogP contribution in [0.4, 0.5) is 0 Å². The van der Waals surface area contributed by atoms with Gasteiger partial charge in [0.2, 0.25) is 10.0 Å². The summed E-state index contributed by atoms with van der Waals surface area (Å²) in [5.41, 5.74) is 5.63. The SMILES string of the molecule is NC(=S)C1CCN(S(=O)(=O)C2CCCCC2)CC1. The lowest BCUT2D eigenvalue weighted by atomic mass is 9.98. The Morgan fingerprint density at radius 3 is 2.11 bits per heavy atom. The highest BCUT2D eigenvalue weighted by atomic mass is 32.2. The predicted octanol–water partition coefficient (Wildman–Crippen LogP) is 1.65. The van der Waals surface area contributed by atoms with Crippen LogP contribution in [0.1, 0.15) is 44.9 Å². The summed E-state index contributed by atoms with van der Waals surface area (Å²) in [5.74, 6) is 0.220. The van der Waals surface area contributed by atoms with E-state index in [0.29, 0.717) is 18.1 Å². The van der Waals surface area contributed by atoms with Crippen LogP contribution < -0.4 is 5.73 Å². The zero-order valence-electron chi connectivity index (χ0n) is 10.7. The van der Waals surface area contributed by atoms with Gasteiger partial charge < -0.3 is 5.73 Å². The minimum atomic E-state index is -3.08. The van der Waals surface area contributed by atoms with Gasteiger partial charge >= 0.3 is 0 Å². The van der Waals surface area contributed by atoms with Crippen molar-refractivity contribution in [2.75, 3.05) is 13.1 Å². The van der Waals surface area contributed by atoms with Crippen LogP contribution in [0.5, 0.6) is 0 Å². The van der Waals surface area contributed by atoms with E-state index in [1.165, 1.54) is 6.42 Å². The van der Waals surface area contributed by atoms with Gasteiger partial charge in [0.25, 0.3) is 0 Å². The van der Waals surface area contributed by atoms with E-state index < -0.39 is 10.0 Å². The first kappa shape index (κ1) is 14.2. The van der Waals surface area contributed by atoms with Crippen molar-refractivity contribution in [2.45, 2.75) is 50.2 Å². The number of rotatable bonds is 3. The molecule has 0 unspecified atom stereocenters. The Hall–Kier alpha value is -0.200. The van der Waals surface area contributed by atoms with Crippen molar-refractivity contribution >= 4 is 27.2 Å². The van der Waals surface area contributed by atoms with E-state index in [0.717, 1.165) is 38.5 Å². The minimum Gasteiger partial charge on any atom is -0.393 e. The highest BCUT2D eigenvalue weighted by molar-refractivity contribution is 7.89. The van der Waals surface area contributed by atoms with Crippen molar-refractivity contribution in [1.29, 1.82) is 0 Å². The molecule has 1 aliphatic heterocycles. The molecule has 2 rings (SSSR count). The summed E-state index contributed by atoms with van der Waals surface area (Å²) in [5, 5.41) is -0.146. The van der Waals surface area contributed by atoms with E-state index in [2.05, 4.69) is 0 Å². The molecule has 2 N–H and O–H groups in total. The third-order valence-electron chi connectivity index (χ3n) is 4.19. The number of hydrogen-bond acceptors (Lipinski definition) is 3. The Labute approximate surface area is 115 Å². The fourth-order valence-corrected chi connectivity index (χ4v) is 5.27. The van der Waals surface area contributed by atoms with Crippen molar-refractivity contribution in [3.8, 4) is 0 Å². The number of hydrogen-bond donors (Lipinski definition) is 1. The van der Waals surface area contributed by atoms with Crippen molar-refractivity contribution in [3.63, 3.8) is 0 Å². The number of thiocarbonyl (C=S) groups is 1. The second-order valence-corrected chi connectivity index (χ2v) is 8.07. The lowest BCUT2D eigenvalue weighted by molar-refractivity contribution is 0.308. The average molecular weight is 290 g/mol. The van der Waals surface area contributed by atoms with Gasteiger partial charge in [0.1, 0.15) is 0 Å². The zero-order valence-corrected chi connectivity index (χ0v) is 12.3. The van der Waals surface area contributed by atoms with E-state index in [1.54, 1.807) is 4.31 Å². The van der Waals surface area contributed by atoms with Gasteiger partial charge in [0.05, 0.1) is 10.2 Å². The molecule has 0 bridgehead atoms. The van der Waals surface area contributed by atoms with Crippen LogP contribution in [-0.2, 0) is 10.0 Å². The molecule has 0 aromatic carbocycles. The topological polar surface area (TPSA) is 63.4 Å². The molecule has 2 aliphatic rings. The Balaban J connectivity index is 1.97. The van der Waals surface area contributed by atoms with Gasteiger partial charge in [-0.1, -0.05) is 31.5 Å². The summed E-state index contributed by atoms with van der Waals surface area (Å²) in [6.45, 7) is 1.17. The molecule has 2 fully saturated rings. The van der Waals surface area contributed by atoms with Gasteiger partial charge in [0.15, 0.2) is 0 Å². The van der Waals surface area contributed by atoms with Gasteiger partial charge in [0, 0.05) is 19.0 Å². The van der Waals surface area contributed by atoms with Crippen LogP contribution in [0, 0.1) is 5.92 Å². The molecule has 18 heavy (non-hydrogen) atoms. The van der Waals surface area contributed by atoms with Crippen LogP contribution in [0.15, 0.2) is 0 Å². The van der Waals surface area contributed by atoms with Gasteiger partial charge in [-0.15, -0.1) is 0 Å². The Morgan fingerprint density at radius 1 is 1.06 bits per heavy atom. The van der Waals surface area contributed by atoms with E-state index in [4.69, 9.17) is 18.0 Å². The Bertz CT molecular complexity index is 394. The summed E-state index contributed by atoms with van der Waals surface area (Å²) in [6.07, 6.45) is 6.49. The average Bonchev–Trinajstić information content (AvgIpc) is 2.40. The molecule has 1 heterocycles. The zero-order chi connectivity index (χ0) is 13.2. The summed E-state index contributed by atoms with van der Waals surface area (Å²) < 4.78 is 26.6. The molecule has 0 aromatic heterocycles. The molecule has 0 radical (unpaired) electrons. The van der Waals surface area contributed by atoms with Crippen molar-refractivity contribution in [3.05, 3.63) is 0 Å². The van der Waals surface area contributed by atoms with Gasteiger partial charge in [-0.05, 0) is 25.7 Å². The van der Waals surface area contributed by atoms with E-state index in [9.17, 15) is 8.42 Å². The fourth-order valence-electron chi connectivity index (χ4n) is 2.97. The molecule has 0 aromatic rings. The maximum absolute atomic E-state index is 12.5. The van der Waals surface area contributed by atoms with Crippen LogP contribution >= 0.6 is 12.2 Å². The third kappa shape index (κ3) is 3.03. The third-order valence-corrected chi connectivity index (χ3v) is 6.92. The number of piperidine rings is 1. The molecule has 1 saturated carbocycles. The molecule has 4 nitrogen and oxygen atoms in total. The molecule has 1 aliphatic carbocycles. The molecule has 0 amide bonds. The van der Waals surface area contributed by atoms with Gasteiger partial charge in [-0.2, -0.15) is 0 Å². The summed E-state index contributed by atoms with van der Waals surface area (Å²) >= 11 is 4.98. The molecule has 104 valence electrons. The normalized spacial score (nSPS) is 25.1. The number of sulfonamides is 1. The molecular formula is C12H22N2O2S2. The lowest BCUT2D eigenvalue weighted by Crippen LogP contribution is -2.45. The first-order valence-electron chi connectivity index (χ1n) is 6.80. The quantitative estimate of drug-likeness (QED) is 0.803. The highest BCUT2D eigenvalue weighted by Gasteiger charge is 2.35. The van der Waals surface area contributed by atoms with Crippen LogP contribution in [0.3, 0.4) is 0 Å².